The number of aryl methyl sites for hydroxylation is 1. The van der Waals surface area contributed by atoms with Crippen molar-refractivity contribution in [1.29, 1.82) is 0 Å². The molecule has 3 aromatic rings. The monoisotopic (exact) mass is 592 g/mol. The van der Waals surface area contributed by atoms with Crippen LogP contribution in [0.25, 0.3) is 6.08 Å². The first kappa shape index (κ1) is 25.3. The minimum atomic E-state index is -0.856. The van der Waals surface area contributed by atoms with Crippen LogP contribution in [-0.2, 0) is 16.2 Å². The van der Waals surface area contributed by atoms with Gasteiger partial charge in [0.05, 0.1) is 5.69 Å². The number of rotatable bonds is 5. The molecule has 6 nitrogen and oxygen atoms in total. The highest BCUT2D eigenvalue weighted by Gasteiger charge is 2.37. The fourth-order valence-corrected chi connectivity index (χ4v) is 4.42. The first-order valence-electron chi connectivity index (χ1n) is 10.2. The lowest BCUT2D eigenvalue weighted by Crippen LogP contribution is -2.54. The van der Waals surface area contributed by atoms with E-state index in [1.807, 2.05) is 0 Å². The molecule has 1 aliphatic rings. The van der Waals surface area contributed by atoms with Crippen LogP contribution in [0.5, 0.6) is 5.75 Å². The number of barbiturate groups is 1. The molecule has 1 heterocycles. The molecule has 0 spiro atoms. The third-order valence-corrected chi connectivity index (χ3v) is 6.50. The summed E-state index contributed by atoms with van der Waals surface area (Å²) < 4.78 is 6.64. The Morgan fingerprint density at radius 2 is 1.69 bits per heavy atom. The first-order chi connectivity index (χ1) is 16.6. The second-order valence-corrected chi connectivity index (χ2v) is 9.79. The number of amides is 4. The topological polar surface area (TPSA) is 75.7 Å². The van der Waals surface area contributed by atoms with Crippen LogP contribution in [0.15, 0.2) is 64.6 Å². The maximum atomic E-state index is 13.3. The minimum absolute atomic E-state index is 0.125. The summed E-state index contributed by atoms with van der Waals surface area (Å²) in [5.41, 5.74) is 1.83. The van der Waals surface area contributed by atoms with Crippen molar-refractivity contribution in [3.63, 3.8) is 0 Å². The van der Waals surface area contributed by atoms with E-state index in [0.29, 0.717) is 42.0 Å². The zero-order valence-electron chi connectivity index (χ0n) is 18.1. The van der Waals surface area contributed by atoms with Gasteiger partial charge >= 0.3 is 6.03 Å². The summed E-state index contributed by atoms with van der Waals surface area (Å²) in [6, 6.07) is 14.2. The third-order valence-electron chi connectivity index (χ3n) is 5.18. The van der Waals surface area contributed by atoms with E-state index in [1.165, 1.54) is 12.1 Å². The van der Waals surface area contributed by atoms with Crippen molar-refractivity contribution in [2.75, 3.05) is 4.90 Å². The van der Waals surface area contributed by atoms with Crippen molar-refractivity contribution in [3.05, 3.63) is 96.4 Å². The molecule has 0 bridgehead atoms. The zero-order valence-corrected chi connectivity index (χ0v) is 21.9. The van der Waals surface area contributed by atoms with Crippen LogP contribution in [-0.4, -0.2) is 17.8 Å². The van der Waals surface area contributed by atoms with Gasteiger partial charge in [0.15, 0.2) is 0 Å². The van der Waals surface area contributed by atoms with Crippen LogP contribution < -0.4 is 15.0 Å². The molecular formula is C25H16BrCl3N2O4. The number of nitrogens with one attached hydrogen (secondary N) is 1. The van der Waals surface area contributed by atoms with E-state index >= 15 is 0 Å². The van der Waals surface area contributed by atoms with E-state index in [1.54, 1.807) is 55.5 Å². The Hall–Kier alpha value is -2.84. The van der Waals surface area contributed by atoms with Gasteiger partial charge in [-0.05, 0) is 61.0 Å². The molecular weight excluding hydrogens is 579 g/mol. The lowest BCUT2D eigenvalue weighted by atomic mass is 10.0. The summed E-state index contributed by atoms with van der Waals surface area (Å²) in [5, 5.41) is 3.51. The van der Waals surface area contributed by atoms with E-state index in [-0.39, 0.29) is 17.9 Å². The van der Waals surface area contributed by atoms with Crippen molar-refractivity contribution in [2.45, 2.75) is 13.5 Å². The smallest absolute Gasteiger partial charge is 0.335 e. The Kier molecular flexibility index (Phi) is 7.52. The molecule has 35 heavy (non-hydrogen) atoms. The normalized spacial score (nSPS) is 14.9. The molecule has 1 fully saturated rings. The molecule has 0 radical (unpaired) electrons. The average molecular weight is 595 g/mol. The van der Waals surface area contributed by atoms with Gasteiger partial charge in [0.25, 0.3) is 11.8 Å². The minimum Gasteiger partial charge on any atom is -0.488 e. The van der Waals surface area contributed by atoms with Gasteiger partial charge in [-0.1, -0.05) is 62.9 Å². The Bertz CT molecular complexity index is 1410. The van der Waals surface area contributed by atoms with Gasteiger partial charge in [-0.2, -0.15) is 0 Å². The molecule has 1 N–H and O–H groups in total. The highest BCUT2D eigenvalue weighted by molar-refractivity contribution is 9.10. The fraction of sp³-hybridized carbons (Fsp3) is 0.0800. The quantitative estimate of drug-likeness (QED) is 0.256. The van der Waals surface area contributed by atoms with Gasteiger partial charge in [0.1, 0.15) is 17.9 Å². The molecule has 178 valence electrons. The van der Waals surface area contributed by atoms with Gasteiger partial charge in [-0.25, -0.2) is 9.69 Å². The van der Waals surface area contributed by atoms with Crippen LogP contribution in [0.3, 0.4) is 0 Å². The van der Waals surface area contributed by atoms with E-state index in [2.05, 4.69) is 21.2 Å². The summed E-state index contributed by atoms with van der Waals surface area (Å²) in [4.78, 5) is 39.4. The molecule has 1 aliphatic heterocycles. The predicted molar refractivity (Wildman–Crippen MR) is 140 cm³/mol. The van der Waals surface area contributed by atoms with E-state index in [0.717, 1.165) is 4.90 Å². The van der Waals surface area contributed by atoms with Crippen molar-refractivity contribution in [1.82, 2.24) is 5.32 Å². The maximum absolute atomic E-state index is 13.3. The number of benzene rings is 3. The summed E-state index contributed by atoms with van der Waals surface area (Å²) in [7, 11) is 0. The lowest BCUT2D eigenvalue weighted by molar-refractivity contribution is -0.122. The van der Waals surface area contributed by atoms with Gasteiger partial charge in [-0.15, -0.1) is 0 Å². The van der Waals surface area contributed by atoms with Gasteiger partial charge in [0, 0.05) is 30.7 Å². The third kappa shape index (κ3) is 5.54. The largest absolute Gasteiger partial charge is 0.488 e. The number of carbonyl (C=O) groups is 3. The van der Waals surface area contributed by atoms with Crippen LogP contribution >= 0.6 is 50.7 Å². The standard InChI is InChI=1S/C25H16BrCl3N2O4/c1-13-2-5-18(28)11-21(13)31-24(33)19(23(32)30-25(31)34)9-15-8-16(26)4-7-22(15)35-12-14-3-6-17(27)10-20(14)29/h2-11H,12H2,1H3,(H,30,32,34)/b19-9+. The molecule has 0 aliphatic carbocycles. The number of halogens is 4. The van der Waals surface area contributed by atoms with Gasteiger partial charge < -0.3 is 4.74 Å². The molecule has 0 saturated carbocycles. The molecule has 3 aromatic carbocycles. The van der Waals surface area contributed by atoms with Crippen molar-refractivity contribution >= 4 is 80.3 Å². The number of hydrogen-bond donors (Lipinski definition) is 1. The highest BCUT2D eigenvalue weighted by Crippen LogP contribution is 2.31. The second kappa shape index (κ2) is 10.4. The number of carbonyl (C=O) groups excluding carboxylic acids is 3. The summed E-state index contributed by atoms with van der Waals surface area (Å²) in [6.45, 7) is 1.86. The van der Waals surface area contributed by atoms with Crippen LogP contribution in [0.2, 0.25) is 15.1 Å². The second-order valence-electron chi connectivity index (χ2n) is 7.60. The predicted octanol–water partition coefficient (Wildman–Crippen LogP) is 6.96. The molecule has 0 unspecified atom stereocenters. The Labute approximate surface area is 224 Å². The van der Waals surface area contributed by atoms with Crippen molar-refractivity contribution in [3.8, 4) is 5.75 Å². The Balaban J connectivity index is 1.70. The maximum Gasteiger partial charge on any atom is 0.335 e. The number of anilines is 1. The summed E-state index contributed by atoms with van der Waals surface area (Å²) in [5.74, 6) is -1.20. The molecule has 1 saturated heterocycles. The molecule has 4 rings (SSSR count). The Morgan fingerprint density at radius 1 is 0.971 bits per heavy atom. The number of ether oxygens (including phenoxy) is 1. The van der Waals surface area contributed by atoms with Crippen molar-refractivity contribution in [2.24, 2.45) is 0 Å². The van der Waals surface area contributed by atoms with Crippen LogP contribution in [0.1, 0.15) is 16.7 Å². The summed E-state index contributed by atoms with van der Waals surface area (Å²) >= 11 is 21.7. The van der Waals surface area contributed by atoms with E-state index < -0.39 is 17.8 Å². The zero-order chi connectivity index (χ0) is 25.3. The molecule has 0 atom stereocenters. The van der Waals surface area contributed by atoms with E-state index in [9.17, 15) is 14.4 Å². The lowest BCUT2D eigenvalue weighted by Gasteiger charge is -2.27. The Morgan fingerprint density at radius 3 is 2.43 bits per heavy atom. The van der Waals surface area contributed by atoms with E-state index in [4.69, 9.17) is 39.5 Å². The molecule has 10 heteroatoms. The van der Waals surface area contributed by atoms with Crippen molar-refractivity contribution < 1.29 is 19.1 Å². The number of urea groups is 1. The number of imide groups is 2. The van der Waals surface area contributed by atoms with Gasteiger partial charge in [-0.3, -0.25) is 14.9 Å². The fourth-order valence-electron chi connectivity index (χ4n) is 3.41. The average Bonchev–Trinajstić information content (AvgIpc) is 2.79. The number of nitrogens with zero attached hydrogens (tertiary/aromatic N) is 1. The highest BCUT2D eigenvalue weighted by atomic mass is 79.9. The van der Waals surface area contributed by atoms with Crippen LogP contribution in [0, 0.1) is 6.92 Å². The molecule has 4 amide bonds. The summed E-state index contributed by atoms with van der Waals surface area (Å²) in [6.07, 6.45) is 1.38. The number of hydrogen-bond acceptors (Lipinski definition) is 4. The van der Waals surface area contributed by atoms with Gasteiger partial charge in [0.2, 0.25) is 0 Å². The molecule has 0 aromatic heterocycles. The van der Waals surface area contributed by atoms with Crippen LogP contribution in [0.4, 0.5) is 10.5 Å². The SMILES string of the molecule is Cc1ccc(Cl)cc1N1C(=O)NC(=O)/C(=C\c2cc(Br)ccc2OCc2ccc(Cl)cc2Cl)C1=O. The first-order valence-corrected chi connectivity index (χ1v) is 12.1.